The molecule has 27 heavy (non-hydrogen) atoms. The Morgan fingerprint density at radius 2 is 1.96 bits per heavy atom. The van der Waals surface area contributed by atoms with Crippen molar-refractivity contribution in [2.24, 2.45) is 5.92 Å². The zero-order valence-corrected chi connectivity index (χ0v) is 15.3. The minimum absolute atomic E-state index is 0.122. The first-order valence-electron chi connectivity index (χ1n) is 8.60. The summed E-state index contributed by atoms with van der Waals surface area (Å²) in [5, 5.41) is 11.7. The molecule has 3 N–H and O–H groups in total. The molecule has 0 aliphatic rings. The molecule has 1 amide bonds. The lowest BCUT2D eigenvalue weighted by molar-refractivity contribution is -0.141. The molecule has 8 heteroatoms. The van der Waals surface area contributed by atoms with E-state index in [-0.39, 0.29) is 24.8 Å². The average Bonchev–Trinajstić information content (AvgIpc) is 2.60. The lowest BCUT2D eigenvalue weighted by atomic mass is 10.1. The van der Waals surface area contributed by atoms with Crippen LogP contribution in [0.3, 0.4) is 0 Å². The van der Waals surface area contributed by atoms with Crippen molar-refractivity contribution in [1.29, 1.82) is 0 Å². The summed E-state index contributed by atoms with van der Waals surface area (Å²) in [6.45, 7) is 3.96. The number of H-pyrrole nitrogens is 1. The number of rotatable bonds is 9. The van der Waals surface area contributed by atoms with E-state index in [0.717, 1.165) is 5.56 Å². The molecule has 1 atom stereocenters. The average molecular weight is 373 g/mol. The van der Waals surface area contributed by atoms with Crippen LogP contribution >= 0.6 is 0 Å². The van der Waals surface area contributed by atoms with Gasteiger partial charge in [-0.15, -0.1) is 0 Å². The van der Waals surface area contributed by atoms with Crippen LogP contribution in [-0.2, 0) is 22.6 Å². The van der Waals surface area contributed by atoms with Gasteiger partial charge in [-0.3, -0.25) is 4.79 Å². The molecule has 1 unspecified atom stereocenters. The highest BCUT2D eigenvalue weighted by Crippen LogP contribution is 2.05. The Kier molecular flexibility index (Phi) is 7.25. The molecule has 144 valence electrons. The van der Waals surface area contributed by atoms with E-state index in [1.807, 2.05) is 44.2 Å². The Morgan fingerprint density at radius 1 is 1.26 bits per heavy atom. The molecule has 0 radical (unpaired) electrons. The normalized spacial score (nSPS) is 12.0. The molecule has 0 aliphatic carbocycles. The zero-order valence-electron chi connectivity index (χ0n) is 15.3. The lowest BCUT2D eigenvalue weighted by Gasteiger charge is -2.15. The summed E-state index contributed by atoms with van der Waals surface area (Å²) in [6.07, 6.45) is 0.570. The van der Waals surface area contributed by atoms with E-state index in [1.165, 1.54) is 6.07 Å². The first-order chi connectivity index (χ1) is 12.8. The van der Waals surface area contributed by atoms with Gasteiger partial charge in [0.05, 0.1) is 13.2 Å². The third-order valence-electron chi connectivity index (χ3n) is 3.66. The summed E-state index contributed by atoms with van der Waals surface area (Å²) in [4.78, 5) is 41.6. The summed E-state index contributed by atoms with van der Waals surface area (Å²) in [5.74, 6) is -1.69. The van der Waals surface area contributed by atoms with Crippen molar-refractivity contribution < 1.29 is 19.4 Å². The van der Waals surface area contributed by atoms with Crippen LogP contribution in [0.15, 0.2) is 41.2 Å². The van der Waals surface area contributed by atoms with Gasteiger partial charge in [0.1, 0.15) is 5.69 Å². The van der Waals surface area contributed by atoms with Gasteiger partial charge in [0.15, 0.2) is 6.04 Å². The summed E-state index contributed by atoms with van der Waals surface area (Å²) >= 11 is 0. The van der Waals surface area contributed by atoms with Gasteiger partial charge in [0.2, 0.25) is 0 Å². The van der Waals surface area contributed by atoms with Crippen LogP contribution in [-0.4, -0.2) is 39.6 Å². The molecule has 2 rings (SSSR count). The third-order valence-corrected chi connectivity index (χ3v) is 3.66. The minimum atomic E-state index is -1.25. The highest BCUT2D eigenvalue weighted by molar-refractivity contribution is 5.95. The number of benzene rings is 1. The Labute approximate surface area is 156 Å². The van der Waals surface area contributed by atoms with Gasteiger partial charge < -0.3 is 20.1 Å². The van der Waals surface area contributed by atoms with Crippen molar-refractivity contribution in [3.8, 4) is 0 Å². The first-order valence-corrected chi connectivity index (χ1v) is 8.60. The zero-order chi connectivity index (χ0) is 19.8. The molecule has 1 aromatic heterocycles. The number of aromatic amines is 1. The maximum Gasteiger partial charge on any atom is 0.345 e. The van der Waals surface area contributed by atoms with Gasteiger partial charge in [-0.2, -0.15) is 4.98 Å². The molecular weight excluding hydrogens is 350 g/mol. The molecule has 1 aromatic carbocycles. The van der Waals surface area contributed by atoms with Crippen LogP contribution in [0.25, 0.3) is 0 Å². The number of ether oxygens (including phenoxy) is 1. The number of carboxylic acid groups (broad SMARTS) is 1. The molecule has 0 saturated heterocycles. The topological polar surface area (TPSA) is 121 Å². The summed E-state index contributed by atoms with van der Waals surface area (Å²) in [5.41, 5.74) is 0.694. The van der Waals surface area contributed by atoms with Crippen LogP contribution in [0.4, 0.5) is 0 Å². The smallest absolute Gasteiger partial charge is 0.345 e. The number of aliphatic carboxylic acids is 1. The Morgan fingerprint density at radius 3 is 2.59 bits per heavy atom. The summed E-state index contributed by atoms with van der Waals surface area (Å²) < 4.78 is 5.40. The number of hydrogen-bond acceptors (Lipinski definition) is 5. The van der Waals surface area contributed by atoms with Gasteiger partial charge in [0.25, 0.3) is 5.91 Å². The van der Waals surface area contributed by atoms with Crippen molar-refractivity contribution >= 4 is 11.9 Å². The minimum Gasteiger partial charge on any atom is -0.480 e. The fraction of sp³-hybridized carbons (Fsp3) is 0.368. The van der Waals surface area contributed by atoms with Crippen molar-refractivity contribution in [1.82, 2.24) is 15.3 Å². The van der Waals surface area contributed by atoms with E-state index in [4.69, 9.17) is 4.74 Å². The van der Waals surface area contributed by atoms with E-state index in [2.05, 4.69) is 15.3 Å². The predicted octanol–water partition coefficient (Wildman–Crippen LogP) is 1.37. The van der Waals surface area contributed by atoms with Crippen LogP contribution < -0.4 is 11.0 Å². The molecule has 2 aromatic rings. The molecule has 0 saturated carbocycles. The highest BCUT2D eigenvalue weighted by atomic mass is 16.5. The second kappa shape index (κ2) is 9.63. The second-order valence-electron chi connectivity index (χ2n) is 6.56. The number of nitrogens with one attached hydrogen (secondary N) is 2. The largest absolute Gasteiger partial charge is 0.480 e. The molecule has 0 spiro atoms. The van der Waals surface area contributed by atoms with Crippen LogP contribution in [0.1, 0.15) is 35.6 Å². The number of hydrogen-bond donors (Lipinski definition) is 3. The van der Waals surface area contributed by atoms with Crippen molar-refractivity contribution in [2.75, 3.05) is 6.61 Å². The van der Waals surface area contributed by atoms with E-state index in [1.54, 1.807) is 0 Å². The highest BCUT2D eigenvalue weighted by Gasteiger charge is 2.22. The van der Waals surface area contributed by atoms with Gasteiger partial charge in [-0.05, 0) is 24.0 Å². The number of carboxylic acids is 1. The summed E-state index contributed by atoms with van der Waals surface area (Å²) in [6, 6.07) is 9.48. The first kappa shape index (κ1) is 20.3. The number of amides is 1. The maximum absolute atomic E-state index is 12.3. The number of nitrogens with zero attached hydrogens (tertiary/aromatic N) is 1. The number of carbonyl (C=O) groups is 2. The molecule has 0 fully saturated rings. The Bertz CT molecular complexity index is 833. The van der Waals surface area contributed by atoms with Gasteiger partial charge in [0, 0.05) is 5.69 Å². The fourth-order valence-corrected chi connectivity index (χ4v) is 2.45. The van der Waals surface area contributed by atoms with Crippen molar-refractivity contribution in [3.05, 3.63) is 63.8 Å². The third kappa shape index (κ3) is 6.67. The predicted molar refractivity (Wildman–Crippen MR) is 98.4 cm³/mol. The molecule has 1 heterocycles. The maximum atomic E-state index is 12.3. The molecule has 0 bridgehead atoms. The quantitative estimate of drug-likeness (QED) is 0.610. The molecule has 8 nitrogen and oxygen atoms in total. The Hall–Kier alpha value is -3.00. The SMILES string of the molecule is CC(C)Cc1cc(C(=O)NC(COCc2ccccc2)C(=O)O)nc(=O)[nH]1. The van der Waals surface area contributed by atoms with Crippen molar-refractivity contribution in [3.63, 3.8) is 0 Å². The van der Waals surface area contributed by atoms with E-state index >= 15 is 0 Å². The van der Waals surface area contributed by atoms with Gasteiger partial charge in [-0.25, -0.2) is 9.59 Å². The second-order valence-corrected chi connectivity index (χ2v) is 6.56. The lowest BCUT2D eigenvalue weighted by Crippen LogP contribution is -2.44. The number of carbonyl (C=O) groups excluding carboxylic acids is 1. The van der Waals surface area contributed by atoms with Gasteiger partial charge in [-0.1, -0.05) is 44.2 Å². The van der Waals surface area contributed by atoms with Crippen LogP contribution in [0.2, 0.25) is 0 Å². The molecular formula is C19H23N3O5. The fourth-order valence-electron chi connectivity index (χ4n) is 2.45. The van der Waals surface area contributed by atoms with E-state index in [0.29, 0.717) is 12.1 Å². The number of aromatic nitrogens is 2. The monoisotopic (exact) mass is 373 g/mol. The van der Waals surface area contributed by atoms with Crippen molar-refractivity contribution in [2.45, 2.75) is 32.9 Å². The Balaban J connectivity index is 2.01. The van der Waals surface area contributed by atoms with E-state index < -0.39 is 23.6 Å². The summed E-state index contributed by atoms with van der Waals surface area (Å²) in [7, 11) is 0. The van der Waals surface area contributed by atoms with Crippen LogP contribution in [0.5, 0.6) is 0 Å². The molecule has 0 aliphatic heterocycles. The van der Waals surface area contributed by atoms with E-state index in [9.17, 15) is 19.5 Å². The van der Waals surface area contributed by atoms with Gasteiger partial charge >= 0.3 is 11.7 Å². The van der Waals surface area contributed by atoms with Crippen LogP contribution in [0, 0.1) is 5.92 Å². The standard InChI is InChI=1S/C19H23N3O5/c1-12(2)8-14-9-15(22-19(26)20-14)17(23)21-16(18(24)25)11-27-10-13-6-4-3-5-7-13/h3-7,9,12,16H,8,10-11H2,1-2H3,(H,21,23)(H,24,25)(H,20,22,26).